The number of rotatable bonds is 4. The van der Waals surface area contributed by atoms with Crippen molar-refractivity contribution in [1.29, 1.82) is 0 Å². The molecule has 0 spiro atoms. The van der Waals surface area contributed by atoms with Gasteiger partial charge in [0.2, 0.25) is 5.91 Å². The van der Waals surface area contributed by atoms with Crippen LogP contribution >= 0.6 is 0 Å². The maximum absolute atomic E-state index is 12.2. The van der Waals surface area contributed by atoms with E-state index in [4.69, 9.17) is 4.74 Å². The summed E-state index contributed by atoms with van der Waals surface area (Å²) in [5, 5.41) is 2.89. The Hall–Kier alpha value is -1.88. The van der Waals surface area contributed by atoms with Gasteiger partial charge in [0.1, 0.15) is 6.10 Å². The van der Waals surface area contributed by atoms with E-state index in [0.717, 1.165) is 49.9 Å². The molecule has 1 aromatic rings. The first-order valence-electron chi connectivity index (χ1n) is 8.01. The Labute approximate surface area is 130 Å². The fraction of sp³-hybridized carbons (Fsp3) is 0.529. The summed E-state index contributed by atoms with van der Waals surface area (Å²) >= 11 is 0. The van der Waals surface area contributed by atoms with Crippen molar-refractivity contribution in [2.45, 2.75) is 38.3 Å². The van der Waals surface area contributed by atoms with Crippen molar-refractivity contribution in [2.75, 3.05) is 19.7 Å². The Morgan fingerprint density at radius 2 is 1.86 bits per heavy atom. The van der Waals surface area contributed by atoms with Gasteiger partial charge in [0.05, 0.1) is 0 Å². The number of hydrogen-bond acceptors (Lipinski definition) is 3. The molecule has 0 radical (unpaired) electrons. The summed E-state index contributed by atoms with van der Waals surface area (Å²) in [7, 11) is 0. The number of hydrogen-bond donors (Lipinski definition) is 1. The number of likely N-dealkylation sites (tertiary alicyclic amines) is 1. The maximum Gasteiger partial charge on any atom is 0.253 e. The zero-order valence-corrected chi connectivity index (χ0v) is 12.7. The van der Waals surface area contributed by atoms with Gasteiger partial charge in [-0.25, -0.2) is 0 Å². The molecule has 3 rings (SSSR count). The predicted molar refractivity (Wildman–Crippen MR) is 82.4 cm³/mol. The van der Waals surface area contributed by atoms with E-state index in [-0.39, 0.29) is 17.9 Å². The first-order valence-corrected chi connectivity index (χ1v) is 8.01. The van der Waals surface area contributed by atoms with Crippen molar-refractivity contribution in [3.05, 3.63) is 35.4 Å². The molecule has 2 heterocycles. The lowest BCUT2D eigenvalue weighted by molar-refractivity contribution is -0.130. The van der Waals surface area contributed by atoms with Gasteiger partial charge in [-0.15, -0.1) is 0 Å². The van der Waals surface area contributed by atoms with Gasteiger partial charge in [-0.3, -0.25) is 9.59 Å². The molecule has 118 valence electrons. The number of carbonyl (C=O) groups is 2. The fourth-order valence-electron chi connectivity index (χ4n) is 2.96. The zero-order chi connectivity index (χ0) is 15.4. The molecule has 2 amide bonds. The second-order valence-corrected chi connectivity index (χ2v) is 5.92. The van der Waals surface area contributed by atoms with Crippen LogP contribution in [0, 0.1) is 0 Å². The highest BCUT2D eigenvalue weighted by molar-refractivity contribution is 5.94. The van der Waals surface area contributed by atoms with Gasteiger partial charge in [0.15, 0.2) is 0 Å². The summed E-state index contributed by atoms with van der Waals surface area (Å²) in [5.41, 5.74) is 1.71. The number of nitrogens with one attached hydrogen (secondary N) is 1. The van der Waals surface area contributed by atoms with Gasteiger partial charge in [-0.1, -0.05) is 12.1 Å². The first kappa shape index (κ1) is 15.0. The topological polar surface area (TPSA) is 58.6 Å². The normalized spacial score (nSPS) is 21.1. The number of benzene rings is 1. The van der Waals surface area contributed by atoms with Crippen molar-refractivity contribution in [1.82, 2.24) is 10.2 Å². The number of ether oxygens (including phenoxy) is 1. The Kier molecular flexibility index (Phi) is 4.73. The van der Waals surface area contributed by atoms with Crippen molar-refractivity contribution >= 4 is 11.8 Å². The standard InChI is InChI=1S/C17H22N2O3/c20-16(15-4-3-11-22-15)18-12-13-5-7-14(8-6-13)17(21)19-9-1-2-10-19/h5-8,15H,1-4,9-12H2,(H,18,20). The third-order valence-electron chi connectivity index (χ3n) is 4.28. The molecular weight excluding hydrogens is 280 g/mol. The van der Waals surface area contributed by atoms with Gasteiger partial charge < -0.3 is 15.0 Å². The fourth-order valence-corrected chi connectivity index (χ4v) is 2.96. The van der Waals surface area contributed by atoms with E-state index in [1.54, 1.807) is 0 Å². The quantitative estimate of drug-likeness (QED) is 0.921. The van der Waals surface area contributed by atoms with Crippen molar-refractivity contribution in [3.63, 3.8) is 0 Å². The van der Waals surface area contributed by atoms with Crippen molar-refractivity contribution in [3.8, 4) is 0 Å². The second kappa shape index (κ2) is 6.92. The van der Waals surface area contributed by atoms with Crippen LogP contribution in [0.2, 0.25) is 0 Å². The van der Waals surface area contributed by atoms with E-state index in [9.17, 15) is 9.59 Å². The molecule has 22 heavy (non-hydrogen) atoms. The molecule has 2 fully saturated rings. The smallest absolute Gasteiger partial charge is 0.253 e. The molecule has 1 atom stereocenters. The lowest BCUT2D eigenvalue weighted by atomic mass is 10.1. The Balaban J connectivity index is 1.52. The van der Waals surface area contributed by atoms with E-state index in [0.29, 0.717) is 13.2 Å². The molecule has 0 bridgehead atoms. The summed E-state index contributed by atoms with van der Waals surface area (Å²) in [6.45, 7) is 2.86. The second-order valence-electron chi connectivity index (χ2n) is 5.92. The Bertz CT molecular complexity index is 529. The van der Waals surface area contributed by atoms with Crippen LogP contribution in [0.3, 0.4) is 0 Å². The molecule has 5 heteroatoms. The highest BCUT2D eigenvalue weighted by Crippen LogP contribution is 2.14. The highest BCUT2D eigenvalue weighted by Gasteiger charge is 2.23. The van der Waals surface area contributed by atoms with Crippen LogP contribution in [0.4, 0.5) is 0 Å². The van der Waals surface area contributed by atoms with Gasteiger partial charge in [-0.05, 0) is 43.4 Å². The van der Waals surface area contributed by atoms with Crippen molar-refractivity contribution in [2.24, 2.45) is 0 Å². The minimum atomic E-state index is -0.295. The van der Waals surface area contributed by atoms with Crippen LogP contribution < -0.4 is 5.32 Å². The Morgan fingerprint density at radius 1 is 1.14 bits per heavy atom. The van der Waals surface area contributed by atoms with E-state index in [1.165, 1.54) is 0 Å². The van der Waals surface area contributed by atoms with Crippen LogP contribution in [-0.2, 0) is 16.1 Å². The summed E-state index contributed by atoms with van der Waals surface area (Å²) in [5.74, 6) is 0.0576. The van der Waals surface area contributed by atoms with Gasteiger partial charge in [0.25, 0.3) is 5.91 Å². The molecule has 1 unspecified atom stereocenters. The van der Waals surface area contributed by atoms with Crippen LogP contribution in [-0.4, -0.2) is 42.5 Å². The molecule has 0 saturated carbocycles. The molecule has 1 N–H and O–H groups in total. The summed E-state index contributed by atoms with van der Waals surface area (Å²) < 4.78 is 5.35. The maximum atomic E-state index is 12.2. The number of amides is 2. The lowest BCUT2D eigenvalue weighted by Crippen LogP contribution is -2.33. The van der Waals surface area contributed by atoms with Crippen LogP contribution in [0.5, 0.6) is 0 Å². The first-order chi connectivity index (χ1) is 10.7. The van der Waals surface area contributed by atoms with Gasteiger partial charge in [-0.2, -0.15) is 0 Å². The molecule has 2 aliphatic heterocycles. The van der Waals surface area contributed by atoms with E-state index in [1.807, 2.05) is 29.2 Å². The molecule has 2 saturated heterocycles. The minimum absolute atomic E-state index is 0.0466. The highest BCUT2D eigenvalue weighted by atomic mass is 16.5. The summed E-state index contributed by atoms with van der Waals surface area (Å²) in [4.78, 5) is 26.0. The monoisotopic (exact) mass is 302 g/mol. The van der Waals surface area contributed by atoms with E-state index >= 15 is 0 Å². The minimum Gasteiger partial charge on any atom is -0.368 e. The van der Waals surface area contributed by atoms with E-state index < -0.39 is 0 Å². The summed E-state index contributed by atoms with van der Waals surface area (Å²) in [6.07, 6.45) is 3.65. The largest absolute Gasteiger partial charge is 0.368 e. The van der Waals surface area contributed by atoms with Crippen LogP contribution in [0.15, 0.2) is 24.3 Å². The van der Waals surface area contributed by atoms with Gasteiger partial charge in [0, 0.05) is 31.8 Å². The molecule has 2 aliphatic rings. The molecule has 5 nitrogen and oxygen atoms in total. The average Bonchev–Trinajstić information content (AvgIpc) is 3.25. The van der Waals surface area contributed by atoms with Crippen molar-refractivity contribution < 1.29 is 14.3 Å². The predicted octanol–water partition coefficient (Wildman–Crippen LogP) is 1.72. The average molecular weight is 302 g/mol. The van der Waals surface area contributed by atoms with Crippen LogP contribution in [0.1, 0.15) is 41.6 Å². The number of nitrogens with zero attached hydrogens (tertiary/aromatic N) is 1. The Morgan fingerprint density at radius 3 is 2.50 bits per heavy atom. The van der Waals surface area contributed by atoms with E-state index in [2.05, 4.69) is 5.32 Å². The SMILES string of the molecule is O=C(NCc1ccc(C(=O)N2CCCC2)cc1)C1CCCO1. The zero-order valence-electron chi connectivity index (χ0n) is 12.7. The number of carbonyl (C=O) groups excluding carboxylic acids is 2. The van der Waals surface area contributed by atoms with Gasteiger partial charge >= 0.3 is 0 Å². The molecule has 0 aromatic heterocycles. The lowest BCUT2D eigenvalue weighted by Gasteiger charge is -2.15. The molecule has 1 aromatic carbocycles. The van der Waals surface area contributed by atoms with Crippen LogP contribution in [0.25, 0.3) is 0 Å². The molecular formula is C17H22N2O3. The molecule has 0 aliphatic carbocycles. The summed E-state index contributed by atoms with van der Waals surface area (Å²) in [6, 6.07) is 7.49. The third-order valence-corrected chi connectivity index (χ3v) is 4.28. The third kappa shape index (κ3) is 3.47.